The summed E-state index contributed by atoms with van der Waals surface area (Å²) in [6, 6.07) is 9.04. The topological polar surface area (TPSA) is 89.5 Å². The molecule has 130 valence electrons. The van der Waals surface area contributed by atoms with Crippen LogP contribution in [0.5, 0.6) is 0 Å². The fraction of sp³-hybridized carbons (Fsp3) is 0.529. The Morgan fingerprint density at radius 1 is 1.17 bits per heavy atom. The van der Waals surface area contributed by atoms with Gasteiger partial charge in [0.15, 0.2) is 9.84 Å². The molecule has 6 nitrogen and oxygen atoms in total. The molecule has 0 unspecified atom stereocenters. The van der Waals surface area contributed by atoms with Gasteiger partial charge in [0.05, 0.1) is 11.5 Å². The van der Waals surface area contributed by atoms with Crippen molar-refractivity contribution in [1.29, 1.82) is 0 Å². The molecule has 0 spiro atoms. The van der Waals surface area contributed by atoms with E-state index in [-0.39, 0.29) is 35.8 Å². The zero-order valence-corrected chi connectivity index (χ0v) is 14.1. The minimum Gasteiger partial charge on any atom is -0.447 e. The average Bonchev–Trinajstić information content (AvgIpc) is 3.28. The summed E-state index contributed by atoms with van der Waals surface area (Å²) >= 11 is 0. The van der Waals surface area contributed by atoms with Crippen molar-refractivity contribution in [2.24, 2.45) is 5.92 Å². The van der Waals surface area contributed by atoms with Gasteiger partial charge in [-0.3, -0.25) is 9.59 Å². The third-order valence-corrected chi connectivity index (χ3v) is 6.13. The van der Waals surface area contributed by atoms with Gasteiger partial charge in [-0.05, 0) is 25.2 Å². The molecule has 1 saturated heterocycles. The zero-order valence-electron chi connectivity index (χ0n) is 13.3. The second kappa shape index (κ2) is 6.93. The molecule has 1 heterocycles. The smallest absolute Gasteiger partial charge is 0.307 e. The molecular formula is C17H21NO5S. The lowest BCUT2D eigenvalue weighted by molar-refractivity contribution is -0.157. The third-order valence-electron chi connectivity index (χ3n) is 4.30. The van der Waals surface area contributed by atoms with E-state index in [1.165, 1.54) is 0 Å². The number of hydrogen-bond acceptors (Lipinski definition) is 5. The summed E-state index contributed by atoms with van der Waals surface area (Å²) in [5.74, 6) is -0.930. The first-order valence-electron chi connectivity index (χ1n) is 8.18. The van der Waals surface area contributed by atoms with E-state index in [0.29, 0.717) is 12.0 Å². The lowest BCUT2D eigenvalue weighted by Crippen LogP contribution is -2.33. The van der Waals surface area contributed by atoms with Crippen LogP contribution in [0.1, 0.15) is 37.4 Å². The number of amides is 1. The molecule has 0 radical (unpaired) electrons. The minimum absolute atomic E-state index is 0.0202. The summed E-state index contributed by atoms with van der Waals surface area (Å²) in [7, 11) is -3.03. The standard InChI is InChI=1S/C17H21NO5S/c19-15(10-12-8-9-24(21,22)11-12)23-16(13-4-2-1-3-5-13)17(20)18-14-6-7-14/h1-5,12,14,16H,6-11H2,(H,18,20)/t12-,16-/m1/s1. The van der Waals surface area contributed by atoms with Crippen molar-refractivity contribution in [2.75, 3.05) is 11.5 Å². The van der Waals surface area contributed by atoms with Crippen LogP contribution < -0.4 is 5.32 Å². The monoisotopic (exact) mass is 351 g/mol. The predicted molar refractivity (Wildman–Crippen MR) is 87.8 cm³/mol. The Kier molecular flexibility index (Phi) is 4.89. The number of nitrogens with one attached hydrogen (secondary N) is 1. The maximum absolute atomic E-state index is 12.4. The molecular weight excluding hydrogens is 330 g/mol. The van der Waals surface area contributed by atoms with Crippen LogP contribution in [0.4, 0.5) is 0 Å². The van der Waals surface area contributed by atoms with E-state index in [1.807, 2.05) is 6.07 Å². The third kappa shape index (κ3) is 4.56. The second-order valence-electron chi connectivity index (χ2n) is 6.54. The fourth-order valence-electron chi connectivity index (χ4n) is 2.85. The van der Waals surface area contributed by atoms with Crippen LogP contribution in [0, 0.1) is 5.92 Å². The number of esters is 1. The van der Waals surface area contributed by atoms with Gasteiger partial charge in [0, 0.05) is 18.0 Å². The maximum Gasteiger partial charge on any atom is 0.307 e. The lowest BCUT2D eigenvalue weighted by Gasteiger charge is -2.19. The Morgan fingerprint density at radius 3 is 2.46 bits per heavy atom. The highest BCUT2D eigenvalue weighted by atomic mass is 32.2. The minimum atomic E-state index is -3.03. The van der Waals surface area contributed by atoms with E-state index in [9.17, 15) is 18.0 Å². The molecule has 1 amide bonds. The van der Waals surface area contributed by atoms with Crippen molar-refractivity contribution >= 4 is 21.7 Å². The van der Waals surface area contributed by atoms with Crippen LogP contribution in [0.25, 0.3) is 0 Å². The Balaban J connectivity index is 1.64. The van der Waals surface area contributed by atoms with Gasteiger partial charge in [0.25, 0.3) is 5.91 Å². The molecule has 1 saturated carbocycles. The van der Waals surface area contributed by atoms with Gasteiger partial charge in [0.2, 0.25) is 6.10 Å². The zero-order chi connectivity index (χ0) is 17.2. The number of carbonyl (C=O) groups excluding carboxylic acids is 2. The van der Waals surface area contributed by atoms with Gasteiger partial charge in [-0.1, -0.05) is 30.3 Å². The van der Waals surface area contributed by atoms with Gasteiger partial charge in [0.1, 0.15) is 0 Å². The number of carbonyl (C=O) groups is 2. The Labute approximate surface area is 141 Å². The van der Waals surface area contributed by atoms with Crippen LogP contribution >= 0.6 is 0 Å². The first-order valence-corrected chi connectivity index (χ1v) is 10.0. The predicted octanol–water partition coefficient (Wildman–Crippen LogP) is 1.37. The molecule has 1 aromatic carbocycles. The molecule has 2 atom stereocenters. The van der Waals surface area contributed by atoms with Gasteiger partial charge in [-0.2, -0.15) is 0 Å². The molecule has 1 N–H and O–H groups in total. The van der Waals surface area contributed by atoms with Crippen molar-refractivity contribution in [3.8, 4) is 0 Å². The van der Waals surface area contributed by atoms with Crippen LogP contribution in [0.15, 0.2) is 30.3 Å². The molecule has 24 heavy (non-hydrogen) atoms. The van der Waals surface area contributed by atoms with Crippen molar-refractivity contribution < 1.29 is 22.7 Å². The summed E-state index contributed by atoms with van der Waals surface area (Å²) in [6.45, 7) is 0. The van der Waals surface area contributed by atoms with Crippen molar-refractivity contribution in [3.63, 3.8) is 0 Å². The molecule has 1 aromatic rings. The van der Waals surface area contributed by atoms with E-state index in [2.05, 4.69) is 5.32 Å². The highest BCUT2D eigenvalue weighted by Crippen LogP contribution is 2.26. The van der Waals surface area contributed by atoms with E-state index < -0.39 is 21.9 Å². The molecule has 1 aliphatic carbocycles. The van der Waals surface area contributed by atoms with Crippen LogP contribution in [-0.4, -0.2) is 37.8 Å². The van der Waals surface area contributed by atoms with E-state index in [0.717, 1.165) is 12.8 Å². The van der Waals surface area contributed by atoms with Gasteiger partial charge >= 0.3 is 5.97 Å². The number of benzene rings is 1. The summed E-state index contributed by atoms with van der Waals surface area (Å²) in [6.07, 6.45) is 1.40. The second-order valence-corrected chi connectivity index (χ2v) is 8.77. The summed E-state index contributed by atoms with van der Waals surface area (Å²) < 4.78 is 28.4. The van der Waals surface area contributed by atoms with Crippen LogP contribution in [0.2, 0.25) is 0 Å². The molecule has 2 aliphatic rings. The molecule has 1 aliphatic heterocycles. The summed E-state index contributed by atoms with van der Waals surface area (Å²) in [5, 5.41) is 2.85. The molecule has 3 rings (SSSR count). The largest absolute Gasteiger partial charge is 0.447 e. The van der Waals surface area contributed by atoms with Crippen molar-refractivity contribution in [2.45, 2.75) is 37.8 Å². The Morgan fingerprint density at radius 2 is 1.88 bits per heavy atom. The number of sulfone groups is 1. The highest BCUT2D eigenvalue weighted by Gasteiger charge is 2.33. The van der Waals surface area contributed by atoms with Crippen molar-refractivity contribution in [3.05, 3.63) is 35.9 Å². The quantitative estimate of drug-likeness (QED) is 0.782. The van der Waals surface area contributed by atoms with E-state index >= 15 is 0 Å². The fourth-order valence-corrected chi connectivity index (χ4v) is 4.72. The number of rotatable bonds is 6. The Bertz CT molecular complexity index is 712. The maximum atomic E-state index is 12.4. The Hall–Kier alpha value is -1.89. The van der Waals surface area contributed by atoms with Crippen molar-refractivity contribution in [1.82, 2.24) is 5.32 Å². The molecule has 2 fully saturated rings. The number of hydrogen-bond donors (Lipinski definition) is 1. The average molecular weight is 351 g/mol. The first kappa shape index (κ1) is 17.0. The van der Waals surface area contributed by atoms with E-state index in [1.54, 1.807) is 24.3 Å². The van der Waals surface area contributed by atoms with Gasteiger partial charge in [-0.25, -0.2) is 8.42 Å². The van der Waals surface area contributed by atoms with Gasteiger partial charge in [-0.15, -0.1) is 0 Å². The van der Waals surface area contributed by atoms with Crippen LogP contribution in [0.3, 0.4) is 0 Å². The number of ether oxygens (including phenoxy) is 1. The van der Waals surface area contributed by atoms with E-state index in [4.69, 9.17) is 4.74 Å². The summed E-state index contributed by atoms with van der Waals surface area (Å²) in [4.78, 5) is 24.6. The normalized spacial score (nSPS) is 23.4. The SMILES string of the molecule is O=C(C[C@H]1CCS(=O)(=O)C1)O[C@@H](C(=O)NC1CC1)c1ccccc1. The summed E-state index contributed by atoms with van der Waals surface area (Å²) in [5.41, 5.74) is 0.614. The molecule has 0 bridgehead atoms. The van der Waals surface area contributed by atoms with Gasteiger partial charge < -0.3 is 10.1 Å². The molecule has 0 aromatic heterocycles. The van der Waals surface area contributed by atoms with Crippen LogP contribution in [-0.2, 0) is 24.2 Å². The molecule has 7 heteroatoms. The lowest BCUT2D eigenvalue weighted by atomic mass is 10.1. The first-order chi connectivity index (χ1) is 11.4. The highest BCUT2D eigenvalue weighted by molar-refractivity contribution is 7.91.